The van der Waals surface area contributed by atoms with Crippen molar-refractivity contribution in [3.8, 4) is 17.1 Å². The van der Waals surface area contributed by atoms with Crippen LogP contribution in [0.4, 0.5) is 0 Å². The molecule has 0 amide bonds. The maximum atomic E-state index is 13.4. The van der Waals surface area contributed by atoms with E-state index in [-0.39, 0.29) is 36.0 Å². The van der Waals surface area contributed by atoms with Crippen molar-refractivity contribution in [2.24, 2.45) is 22.7 Å². The van der Waals surface area contributed by atoms with Gasteiger partial charge in [-0.3, -0.25) is 14.4 Å². The Labute approximate surface area is 244 Å². The molecule has 2 aromatic rings. The predicted molar refractivity (Wildman–Crippen MR) is 149 cm³/mol. The van der Waals surface area contributed by atoms with Gasteiger partial charge in [-0.25, -0.2) is 4.79 Å². The number of carbonyl (C=O) groups is 3. The minimum absolute atomic E-state index is 0.00408. The molecule has 1 aromatic carbocycles. The Morgan fingerprint density at radius 3 is 2.24 bits per heavy atom. The van der Waals surface area contributed by atoms with Crippen LogP contribution in [0.1, 0.15) is 72.5 Å². The molecule has 0 bridgehead atoms. The van der Waals surface area contributed by atoms with E-state index in [1.165, 1.54) is 20.8 Å². The fourth-order valence-corrected chi connectivity index (χ4v) is 8.13. The average molecular weight is 583 g/mol. The van der Waals surface area contributed by atoms with Gasteiger partial charge >= 0.3 is 23.5 Å². The number of carbonyl (C=O) groups excluding carboxylic acids is 3. The van der Waals surface area contributed by atoms with Crippen LogP contribution in [0.5, 0.6) is 5.75 Å². The van der Waals surface area contributed by atoms with E-state index in [4.69, 9.17) is 23.4 Å². The van der Waals surface area contributed by atoms with Gasteiger partial charge in [0.05, 0.1) is 6.10 Å². The molecule has 0 spiro atoms. The van der Waals surface area contributed by atoms with Gasteiger partial charge in [-0.05, 0) is 37.5 Å². The number of hydrogen-bond donors (Lipinski definition) is 1. The number of aliphatic hydroxyl groups excluding tert-OH is 1. The third kappa shape index (κ3) is 4.79. The van der Waals surface area contributed by atoms with E-state index in [0.717, 1.165) is 0 Å². The van der Waals surface area contributed by atoms with E-state index >= 15 is 0 Å². The lowest BCUT2D eigenvalue weighted by Crippen LogP contribution is -2.71. The lowest BCUT2D eigenvalue weighted by molar-refractivity contribution is -0.270. The van der Waals surface area contributed by atoms with Crippen LogP contribution in [-0.4, -0.2) is 47.4 Å². The Kier molecular flexibility index (Phi) is 7.50. The van der Waals surface area contributed by atoms with Gasteiger partial charge in [-0.2, -0.15) is 0 Å². The van der Waals surface area contributed by atoms with Crippen molar-refractivity contribution in [3.63, 3.8) is 0 Å². The zero-order valence-corrected chi connectivity index (χ0v) is 24.8. The van der Waals surface area contributed by atoms with Crippen molar-refractivity contribution >= 4 is 17.9 Å². The van der Waals surface area contributed by atoms with Gasteiger partial charge in [-0.1, -0.05) is 44.2 Å². The Morgan fingerprint density at radius 1 is 0.976 bits per heavy atom. The van der Waals surface area contributed by atoms with E-state index in [2.05, 4.69) is 0 Å². The molecule has 3 unspecified atom stereocenters. The van der Waals surface area contributed by atoms with Gasteiger partial charge in [0.25, 0.3) is 0 Å². The lowest BCUT2D eigenvalue weighted by Gasteiger charge is -2.66. The van der Waals surface area contributed by atoms with Crippen LogP contribution in [0, 0.1) is 22.7 Å². The van der Waals surface area contributed by atoms with Crippen molar-refractivity contribution in [2.45, 2.75) is 84.7 Å². The number of rotatable bonds is 5. The molecule has 226 valence electrons. The molecule has 2 saturated carbocycles. The largest absolute Gasteiger partial charge is 0.482 e. The quantitative estimate of drug-likeness (QED) is 0.400. The molecule has 3 aliphatic rings. The van der Waals surface area contributed by atoms with Crippen LogP contribution in [0.25, 0.3) is 11.3 Å². The first-order chi connectivity index (χ1) is 19.7. The number of aliphatic hydroxyl groups is 1. The van der Waals surface area contributed by atoms with Gasteiger partial charge in [0.1, 0.15) is 41.5 Å². The van der Waals surface area contributed by atoms with Crippen LogP contribution in [-0.2, 0) is 28.6 Å². The fourth-order valence-electron chi connectivity index (χ4n) is 8.13. The highest BCUT2D eigenvalue weighted by Gasteiger charge is 2.70. The number of benzene rings is 1. The minimum Gasteiger partial charge on any atom is -0.482 e. The highest BCUT2D eigenvalue weighted by Crippen LogP contribution is 2.67. The molecule has 42 heavy (non-hydrogen) atoms. The third-order valence-corrected chi connectivity index (χ3v) is 9.84. The standard InChI is InChI=1S/C32H38O10/c1-17(33)38-16-31(5)23-15-25(40-19(3)35)32(6)28(30(23,4)13-12-24(31)39-18(2)34)27(36)26-22(42-32)14-21(41-29(26)37)20-10-8-7-9-11-20/h7-11,14,23-25,27-28,36H,12-13,15-16H2,1-6H3/t23?,24-,25-,27-,28?,30-,31?,32+/m0/s1. The van der Waals surface area contributed by atoms with Gasteiger partial charge in [0, 0.05) is 43.7 Å². The Hall–Kier alpha value is -3.66. The summed E-state index contributed by atoms with van der Waals surface area (Å²) in [5.41, 5.74) is -2.90. The number of esters is 3. The molecule has 0 radical (unpaired) electrons. The summed E-state index contributed by atoms with van der Waals surface area (Å²) in [4.78, 5) is 49.9. The second-order valence-corrected chi connectivity index (χ2v) is 12.6. The average Bonchev–Trinajstić information content (AvgIpc) is 2.90. The van der Waals surface area contributed by atoms with Crippen LogP contribution in [0.3, 0.4) is 0 Å². The van der Waals surface area contributed by atoms with E-state index in [1.54, 1.807) is 25.1 Å². The molecule has 10 nitrogen and oxygen atoms in total. The van der Waals surface area contributed by atoms with E-state index in [0.29, 0.717) is 18.4 Å². The van der Waals surface area contributed by atoms with Crippen molar-refractivity contribution < 1.29 is 42.9 Å². The van der Waals surface area contributed by atoms with Crippen molar-refractivity contribution in [1.29, 1.82) is 0 Å². The summed E-state index contributed by atoms with van der Waals surface area (Å²) in [6.45, 7) is 9.61. The van der Waals surface area contributed by atoms with Gasteiger partial charge < -0.3 is 28.5 Å². The summed E-state index contributed by atoms with van der Waals surface area (Å²) in [6.07, 6.45) is -1.55. The zero-order valence-electron chi connectivity index (χ0n) is 24.8. The second-order valence-electron chi connectivity index (χ2n) is 12.6. The monoisotopic (exact) mass is 582 g/mol. The minimum atomic E-state index is -1.33. The molecule has 8 atom stereocenters. The normalized spacial score (nSPS) is 35.0. The summed E-state index contributed by atoms with van der Waals surface area (Å²) in [7, 11) is 0. The van der Waals surface area contributed by atoms with Crippen LogP contribution in [0.15, 0.2) is 45.6 Å². The first-order valence-electron chi connectivity index (χ1n) is 14.3. The van der Waals surface area contributed by atoms with Gasteiger partial charge in [0.2, 0.25) is 0 Å². The van der Waals surface area contributed by atoms with Crippen molar-refractivity contribution in [1.82, 2.24) is 0 Å². The summed E-state index contributed by atoms with van der Waals surface area (Å²) >= 11 is 0. The summed E-state index contributed by atoms with van der Waals surface area (Å²) < 4.78 is 29.5. The van der Waals surface area contributed by atoms with E-state index in [9.17, 15) is 24.3 Å². The molecule has 1 N–H and O–H groups in total. The molecule has 2 aliphatic carbocycles. The molecule has 1 aromatic heterocycles. The fraction of sp³-hybridized carbons (Fsp3) is 0.562. The van der Waals surface area contributed by atoms with Crippen LogP contribution >= 0.6 is 0 Å². The van der Waals surface area contributed by atoms with Crippen molar-refractivity contribution in [2.75, 3.05) is 6.61 Å². The maximum Gasteiger partial charge on any atom is 0.345 e. The molecular weight excluding hydrogens is 544 g/mol. The maximum absolute atomic E-state index is 13.4. The predicted octanol–water partition coefficient (Wildman–Crippen LogP) is 4.36. The number of hydrogen-bond acceptors (Lipinski definition) is 10. The smallest absolute Gasteiger partial charge is 0.345 e. The molecule has 10 heteroatoms. The molecule has 2 fully saturated rings. The topological polar surface area (TPSA) is 139 Å². The highest BCUT2D eigenvalue weighted by atomic mass is 16.6. The summed E-state index contributed by atoms with van der Waals surface area (Å²) in [6, 6.07) is 10.7. The first kappa shape index (κ1) is 29.8. The zero-order chi connectivity index (χ0) is 30.6. The van der Waals surface area contributed by atoms with Gasteiger partial charge in [0.15, 0.2) is 0 Å². The van der Waals surface area contributed by atoms with E-state index in [1.807, 2.05) is 32.0 Å². The summed E-state index contributed by atoms with van der Waals surface area (Å²) in [5.74, 6) is -2.12. The molecular formula is C32H38O10. The highest BCUT2D eigenvalue weighted by molar-refractivity contribution is 5.67. The Bertz CT molecular complexity index is 1450. The van der Waals surface area contributed by atoms with Crippen molar-refractivity contribution in [3.05, 3.63) is 52.4 Å². The van der Waals surface area contributed by atoms with Gasteiger partial charge in [-0.15, -0.1) is 0 Å². The SMILES string of the molecule is CC(=O)OCC1(C)C2C[C@H](OC(C)=O)[C@@]3(C)Oc4cc(-c5ccccc5)oc(=O)c4[C@H](O)C3[C@@]2(C)CC[C@@H]1OC(C)=O. The van der Waals surface area contributed by atoms with E-state index < -0.39 is 64.2 Å². The molecule has 0 saturated heterocycles. The number of fused-ring (bicyclic) bond motifs is 4. The summed E-state index contributed by atoms with van der Waals surface area (Å²) in [5, 5.41) is 12.1. The molecule has 5 rings (SSSR count). The lowest BCUT2D eigenvalue weighted by atomic mass is 9.42. The third-order valence-electron chi connectivity index (χ3n) is 9.84. The Morgan fingerprint density at radius 2 is 1.62 bits per heavy atom. The second kappa shape index (κ2) is 10.6. The van der Waals surface area contributed by atoms with Crippen LogP contribution in [0.2, 0.25) is 0 Å². The Balaban J connectivity index is 1.66. The molecule has 2 heterocycles. The molecule has 1 aliphatic heterocycles. The van der Waals surface area contributed by atoms with Crippen LogP contribution < -0.4 is 10.4 Å². The first-order valence-corrected chi connectivity index (χ1v) is 14.3. The number of ether oxygens (including phenoxy) is 4.